The van der Waals surface area contributed by atoms with Gasteiger partial charge in [0.15, 0.2) is 0 Å². The molecule has 0 aromatic carbocycles. The van der Waals surface area contributed by atoms with Gasteiger partial charge in [0, 0.05) is 14.0 Å². The van der Waals surface area contributed by atoms with E-state index in [1.165, 1.54) is 0 Å². The fourth-order valence-corrected chi connectivity index (χ4v) is 0.645. The Kier molecular flexibility index (Phi) is 11.8. The number of hydrogen-bond acceptors (Lipinski definition) is 3. The molecule has 0 fully saturated rings. The van der Waals surface area contributed by atoms with Crippen LogP contribution in [0.1, 0.15) is 34.6 Å². The summed E-state index contributed by atoms with van der Waals surface area (Å²) in [5.41, 5.74) is 0. The highest BCUT2D eigenvalue weighted by molar-refractivity contribution is 5.73. The SMILES string of the molecule is CC.CC.CC1=NN(C)CCO1. The molecule has 0 atom stereocenters. The van der Waals surface area contributed by atoms with Crippen molar-refractivity contribution in [2.75, 3.05) is 20.2 Å². The molecule has 1 rings (SSSR count). The van der Waals surface area contributed by atoms with E-state index in [0.29, 0.717) is 0 Å². The lowest BCUT2D eigenvalue weighted by molar-refractivity contribution is 0.189. The van der Waals surface area contributed by atoms with Crippen molar-refractivity contribution >= 4 is 5.90 Å². The number of likely N-dealkylation sites (N-methyl/N-ethyl adjacent to an activating group) is 1. The van der Waals surface area contributed by atoms with Crippen LogP contribution in [-0.2, 0) is 4.74 Å². The van der Waals surface area contributed by atoms with E-state index in [9.17, 15) is 0 Å². The summed E-state index contributed by atoms with van der Waals surface area (Å²) in [6, 6.07) is 0. The van der Waals surface area contributed by atoms with E-state index < -0.39 is 0 Å². The summed E-state index contributed by atoms with van der Waals surface area (Å²) in [6.45, 7) is 11.5. The van der Waals surface area contributed by atoms with Crippen molar-refractivity contribution in [3.63, 3.8) is 0 Å². The minimum atomic E-state index is 0.763. The lowest BCUT2D eigenvalue weighted by atomic mass is 10.6. The van der Waals surface area contributed by atoms with E-state index in [2.05, 4.69) is 5.10 Å². The van der Waals surface area contributed by atoms with Crippen LogP contribution < -0.4 is 0 Å². The van der Waals surface area contributed by atoms with Gasteiger partial charge in [-0.05, 0) is 0 Å². The van der Waals surface area contributed by atoms with Crippen molar-refractivity contribution in [1.82, 2.24) is 5.01 Å². The van der Waals surface area contributed by atoms with Gasteiger partial charge in [0.2, 0.25) is 5.90 Å². The predicted octanol–water partition coefficient (Wildman–Crippen LogP) is 2.33. The summed E-state index contributed by atoms with van der Waals surface area (Å²) < 4.78 is 5.06. The van der Waals surface area contributed by atoms with Crippen LogP contribution in [0.4, 0.5) is 0 Å². The Morgan fingerprint density at radius 1 is 1.25 bits per heavy atom. The molecule has 0 radical (unpaired) electrons. The maximum Gasteiger partial charge on any atom is 0.202 e. The molecule has 3 nitrogen and oxygen atoms in total. The second-order valence-electron chi connectivity index (χ2n) is 1.85. The van der Waals surface area contributed by atoms with Gasteiger partial charge in [-0.1, -0.05) is 27.7 Å². The number of rotatable bonds is 0. The third-order valence-corrected chi connectivity index (χ3v) is 1.04. The summed E-state index contributed by atoms with van der Waals surface area (Å²) in [5.74, 6) is 0.763. The first kappa shape index (κ1) is 13.8. The van der Waals surface area contributed by atoms with Gasteiger partial charge in [-0.25, -0.2) is 0 Å². The molecule has 0 N–H and O–H groups in total. The van der Waals surface area contributed by atoms with Crippen LogP contribution >= 0.6 is 0 Å². The monoisotopic (exact) mass is 174 g/mol. The molecule has 0 bridgehead atoms. The quantitative estimate of drug-likeness (QED) is 0.563. The second-order valence-corrected chi connectivity index (χ2v) is 1.85. The van der Waals surface area contributed by atoms with Crippen LogP contribution in [0.15, 0.2) is 5.10 Å². The maximum atomic E-state index is 5.06. The first-order valence-corrected chi connectivity index (χ1v) is 4.68. The average molecular weight is 174 g/mol. The Morgan fingerprint density at radius 2 is 1.75 bits per heavy atom. The molecular formula is C9H22N2O. The summed E-state index contributed by atoms with van der Waals surface area (Å²) in [7, 11) is 1.94. The van der Waals surface area contributed by atoms with Gasteiger partial charge in [0.1, 0.15) is 6.61 Å². The van der Waals surface area contributed by atoms with Gasteiger partial charge >= 0.3 is 0 Å². The molecule has 1 heterocycles. The van der Waals surface area contributed by atoms with Gasteiger partial charge < -0.3 is 4.74 Å². The highest BCUT2D eigenvalue weighted by Crippen LogP contribution is 1.94. The van der Waals surface area contributed by atoms with E-state index in [4.69, 9.17) is 4.74 Å². The summed E-state index contributed by atoms with van der Waals surface area (Å²) in [5, 5.41) is 5.88. The summed E-state index contributed by atoms with van der Waals surface area (Å²) >= 11 is 0. The third-order valence-electron chi connectivity index (χ3n) is 1.04. The van der Waals surface area contributed by atoms with Crippen molar-refractivity contribution in [3.8, 4) is 0 Å². The summed E-state index contributed by atoms with van der Waals surface area (Å²) in [4.78, 5) is 0. The van der Waals surface area contributed by atoms with Crippen molar-refractivity contribution < 1.29 is 4.74 Å². The van der Waals surface area contributed by atoms with E-state index in [0.717, 1.165) is 19.0 Å². The largest absolute Gasteiger partial charge is 0.478 e. The normalized spacial score (nSPS) is 14.2. The van der Waals surface area contributed by atoms with Gasteiger partial charge in [-0.3, -0.25) is 5.01 Å². The maximum absolute atomic E-state index is 5.06. The van der Waals surface area contributed by atoms with E-state index in [1.807, 2.05) is 46.7 Å². The zero-order chi connectivity index (χ0) is 9.98. The van der Waals surface area contributed by atoms with Crippen molar-refractivity contribution in [2.45, 2.75) is 34.6 Å². The van der Waals surface area contributed by atoms with Crippen molar-refractivity contribution in [3.05, 3.63) is 0 Å². The predicted molar refractivity (Wildman–Crippen MR) is 54.4 cm³/mol. The van der Waals surface area contributed by atoms with Crippen LogP contribution in [0, 0.1) is 0 Å². The number of hydrogen-bond donors (Lipinski definition) is 0. The smallest absolute Gasteiger partial charge is 0.202 e. The van der Waals surface area contributed by atoms with E-state index in [1.54, 1.807) is 0 Å². The Labute approximate surface area is 76.4 Å². The molecule has 0 spiro atoms. The molecule has 1 aliphatic heterocycles. The third kappa shape index (κ3) is 7.38. The molecule has 3 heteroatoms. The molecule has 0 unspecified atom stereocenters. The Hall–Kier alpha value is -0.730. The molecule has 0 aromatic heterocycles. The lowest BCUT2D eigenvalue weighted by Gasteiger charge is -2.19. The Morgan fingerprint density at radius 3 is 2.00 bits per heavy atom. The first-order chi connectivity index (χ1) is 5.79. The zero-order valence-electron chi connectivity index (χ0n) is 9.22. The van der Waals surface area contributed by atoms with Crippen LogP contribution in [-0.4, -0.2) is 31.1 Å². The zero-order valence-corrected chi connectivity index (χ0v) is 9.22. The number of hydrazone groups is 1. The second kappa shape index (κ2) is 10.3. The summed E-state index contributed by atoms with van der Waals surface area (Å²) in [6.07, 6.45) is 0. The highest BCUT2D eigenvalue weighted by Gasteiger charge is 2.02. The molecule has 12 heavy (non-hydrogen) atoms. The van der Waals surface area contributed by atoms with Crippen LogP contribution in [0.3, 0.4) is 0 Å². The standard InChI is InChI=1S/C5H10N2O.2C2H6/c1-5-6-7(2)3-4-8-5;2*1-2/h3-4H2,1-2H3;2*1-2H3. The number of nitrogens with zero attached hydrogens (tertiary/aromatic N) is 2. The Bertz CT molecular complexity index is 113. The molecule has 0 saturated carbocycles. The van der Waals surface area contributed by atoms with Gasteiger partial charge in [0.05, 0.1) is 6.54 Å². The molecule has 0 aliphatic carbocycles. The molecule has 1 aliphatic rings. The van der Waals surface area contributed by atoms with Crippen molar-refractivity contribution in [2.24, 2.45) is 5.10 Å². The fraction of sp³-hybridized carbons (Fsp3) is 0.889. The van der Waals surface area contributed by atoms with Gasteiger partial charge in [-0.2, -0.15) is 0 Å². The molecule has 74 valence electrons. The molecule has 0 saturated heterocycles. The minimum Gasteiger partial charge on any atom is -0.478 e. The van der Waals surface area contributed by atoms with Crippen molar-refractivity contribution in [1.29, 1.82) is 0 Å². The van der Waals surface area contributed by atoms with Gasteiger partial charge in [-0.15, -0.1) is 5.10 Å². The fourth-order valence-electron chi connectivity index (χ4n) is 0.645. The highest BCUT2D eigenvalue weighted by atomic mass is 16.5. The minimum absolute atomic E-state index is 0.763. The van der Waals surface area contributed by atoms with Crippen LogP contribution in [0.25, 0.3) is 0 Å². The molecule has 0 amide bonds. The molecular weight excluding hydrogens is 152 g/mol. The topological polar surface area (TPSA) is 24.8 Å². The lowest BCUT2D eigenvalue weighted by Crippen LogP contribution is -2.25. The molecule has 0 aromatic rings. The van der Waals surface area contributed by atoms with E-state index >= 15 is 0 Å². The average Bonchev–Trinajstić information content (AvgIpc) is 2.11. The van der Waals surface area contributed by atoms with Crippen LogP contribution in [0.2, 0.25) is 0 Å². The van der Waals surface area contributed by atoms with Gasteiger partial charge in [0.25, 0.3) is 0 Å². The number of ether oxygens (including phenoxy) is 1. The van der Waals surface area contributed by atoms with Crippen LogP contribution in [0.5, 0.6) is 0 Å². The Balaban J connectivity index is 0. The first-order valence-electron chi connectivity index (χ1n) is 4.68. The van der Waals surface area contributed by atoms with E-state index in [-0.39, 0.29) is 0 Å².